The van der Waals surface area contributed by atoms with E-state index >= 15 is 0 Å². The molecule has 0 fully saturated rings. The van der Waals surface area contributed by atoms with Gasteiger partial charge >= 0.3 is 10.4 Å². The van der Waals surface area contributed by atoms with Gasteiger partial charge in [-0.05, 0) is 102 Å². The van der Waals surface area contributed by atoms with Gasteiger partial charge in [0.05, 0.1) is 22.9 Å². The molecule has 0 aliphatic carbocycles. The molecule has 1 amide bonds. The molecule has 0 spiro atoms. The number of halogens is 2. The maximum Gasteiger partial charge on any atom is 0.398 e. The number of nitrogens with zero attached hydrogens (tertiary/aromatic N) is 8. The number of phenolic OH excluding ortho intramolecular Hbond substituents is 2. The minimum Gasteiger partial charge on any atom is -0.505 e. The number of sulfone groups is 1. The Hall–Kier alpha value is -7.13. The SMILES string of the molecule is CN(c1ccc2c(O)c(N=Nc3ccc(S(=O)(=O)COS(=O)(=O)O)cc3)c(S(=O)(=O)O)cc2c1)c1nc(Cl)nc(Nc2ccc(S(=O)(=O)O)c(N=Nc3c(S(=O)(=O)O)cc4c(S(=O)(=O)O)c(NC(=O)CS(=O)OCCCl)ccc4c3O)c2)n1. The Balaban J connectivity index is 1.20. The second-order valence-electron chi connectivity index (χ2n) is 16.3. The summed E-state index contributed by atoms with van der Waals surface area (Å²) in [5.74, 6) is -6.28. The molecule has 0 saturated carbocycles. The van der Waals surface area contributed by atoms with E-state index in [1.54, 1.807) is 0 Å². The maximum atomic E-state index is 12.8. The molecule has 0 saturated heterocycles. The molecule has 7 aromatic rings. The van der Waals surface area contributed by atoms with Crippen LogP contribution in [0.1, 0.15) is 0 Å². The predicted octanol–water partition coefficient (Wildman–Crippen LogP) is 5.98. The van der Waals surface area contributed by atoms with Crippen molar-refractivity contribution in [2.45, 2.75) is 24.5 Å². The first-order valence-electron chi connectivity index (χ1n) is 21.7. The highest BCUT2D eigenvalue weighted by Gasteiger charge is 2.30. The molecule has 1 heterocycles. The summed E-state index contributed by atoms with van der Waals surface area (Å²) in [5.41, 5.74) is -3.63. The van der Waals surface area contributed by atoms with E-state index in [4.69, 9.17) is 31.9 Å². The summed E-state index contributed by atoms with van der Waals surface area (Å²) in [7, 11) is -29.6. The second kappa shape index (κ2) is 24.2. The van der Waals surface area contributed by atoms with Crippen molar-refractivity contribution in [3.8, 4) is 11.5 Å². The highest BCUT2D eigenvalue weighted by molar-refractivity contribution is 7.92. The summed E-state index contributed by atoms with van der Waals surface area (Å²) in [6.07, 6.45) is 0. The van der Waals surface area contributed by atoms with Crippen LogP contribution in [-0.2, 0) is 84.9 Å². The quantitative estimate of drug-likeness (QED) is 0.0214. The summed E-state index contributed by atoms with van der Waals surface area (Å²) in [6, 6.07) is 13.7. The first-order valence-corrected chi connectivity index (χ1v) is 32.6. The molecule has 0 radical (unpaired) electrons. The first kappa shape index (κ1) is 63.5. The van der Waals surface area contributed by atoms with Crippen molar-refractivity contribution in [3.05, 3.63) is 90.2 Å². The number of phenols is 2. The van der Waals surface area contributed by atoms with Crippen LogP contribution in [0, 0.1) is 0 Å². The smallest absolute Gasteiger partial charge is 0.398 e. The summed E-state index contributed by atoms with van der Waals surface area (Å²) >= 11 is 9.46. The van der Waals surface area contributed by atoms with Crippen LogP contribution in [0.3, 0.4) is 0 Å². The van der Waals surface area contributed by atoms with E-state index in [-0.39, 0.29) is 46.3 Å². The lowest BCUT2D eigenvalue weighted by Crippen LogP contribution is -2.22. The third kappa shape index (κ3) is 15.4. The summed E-state index contributed by atoms with van der Waals surface area (Å²) in [5, 5.41) is 40.2. The van der Waals surface area contributed by atoms with Gasteiger partial charge in [-0.15, -0.1) is 26.9 Å². The Kier molecular flexibility index (Phi) is 18.5. The maximum absolute atomic E-state index is 12.8. The molecule has 7 rings (SSSR count). The summed E-state index contributed by atoms with van der Waals surface area (Å²) in [4.78, 5) is 21.1. The fraction of sp³-hybridized carbons (Fsp3) is 0.122. The Morgan fingerprint density at radius 2 is 1.28 bits per heavy atom. The first-order chi connectivity index (χ1) is 38.4. The van der Waals surface area contributed by atoms with Crippen molar-refractivity contribution in [2.75, 3.05) is 46.8 Å². The Labute approximate surface area is 480 Å². The summed E-state index contributed by atoms with van der Waals surface area (Å²) < 4.78 is 218. The Morgan fingerprint density at radius 1 is 0.675 bits per heavy atom. The van der Waals surface area contributed by atoms with Crippen LogP contribution in [0.25, 0.3) is 21.5 Å². The van der Waals surface area contributed by atoms with Crippen LogP contribution in [0.5, 0.6) is 11.5 Å². The molecule has 33 nitrogen and oxygen atoms in total. The zero-order chi connectivity index (χ0) is 61.4. The Bertz CT molecular complexity index is 4620. The third-order valence-corrected chi connectivity index (χ3v) is 17.5. The number of rotatable bonds is 22. The lowest BCUT2D eigenvalue weighted by molar-refractivity contribution is -0.114. The van der Waals surface area contributed by atoms with Gasteiger partial charge in [0.25, 0.3) is 40.5 Å². The van der Waals surface area contributed by atoms with Crippen LogP contribution in [0.15, 0.2) is 130 Å². The number of aromatic hydroxyl groups is 2. The molecular formula is C41H34Cl2N10O23S7. The fourth-order valence-electron chi connectivity index (χ4n) is 7.17. The average Bonchev–Trinajstić information content (AvgIpc) is 3.58. The molecule has 9 N–H and O–H groups in total. The molecule has 42 heteroatoms. The number of anilines is 5. The number of carbonyl (C=O) groups excluding carboxylic acids is 1. The summed E-state index contributed by atoms with van der Waals surface area (Å²) in [6.45, 7) is -0.235. The van der Waals surface area contributed by atoms with Crippen molar-refractivity contribution in [3.63, 3.8) is 0 Å². The van der Waals surface area contributed by atoms with E-state index in [0.29, 0.717) is 6.07 Å². The number of alkyl halides is 1. The number of nitrogens with one attached hydrogen (secondary N) is 2. The van der Waals surface area contributed by atoms with Crippen molar-refractivity contribution < 1.29 is 101 Å². The van der Waals surface area contributed by atoms with Gasteiger partial charge in [-0.1, -0.05) is 0 Å². The van der Waals surface area contributed by atoms with E-state index < -0.39 is 170 Å². The van der Waals surface area contributed by atoms with E-state index in [9.17, 15) is 87.9 Å². The highest BCUT2D eigenvalue weighted by atomic mass is 35.5. The molecule has 0 bridgehead atoms. The molecule has 0 aliphatic heterocycles. The van der Waals surface area contributed by atoms with Gasteiger partial charge in [0.1, 0.15) is 42.4 Å². The molecule has 83 heavy (non-hydrogen) atoms. The van der Waals surface area contributed by atoms with Gasteiger partial charge in [-0.25, -0.2) is 16.8 Å². The predicted molar refractivity (Wildman–Crippen MR) is 291 cm³/mol. The minimum atomic E-state index is -5.59. The van der Waals surface area contributed by atoms with Gasteiger partial charge in [0.2, 0.25) is 32.9 Å². The van der Waals surface area contributed by atoms with E-state index in [1.807, 2.05) is 0 Å². The minimum absolute atomic E-state index is 0.0422. The number of aromatic nitrogens is 3. The van der Waals surface area contributed by atoms with Crippen molar-refractivity contribution in [2.24, 2.45) is 20.5 Å². The van der Waals surface area contributed by atoms with Gasteiger partial charge in [0.15, 0.2) is 28.5 Å². The standard InChI is InChI=1S/C41H34Cl2N10O23S7/c1-53(23-5-8-25-20(14-23)15-31(80(63,64)65)34(36(25)55)51-49-21-2-6-24(7-3-21)78(58,59)19-76-83(72,73)74)41-47-39(43)46-40(48-41)44-22-4-11-30(79(60,61)62)29(16-22)50-52-35-32(81(66,67)68)17-27-26(37(35)56)9-10-28(38(27)82(69,70)71)45-33(54)18-77(57)75-13-12-42/h2-11,14-17,55-56H,12-13,18-19H2,1H3,(H,45,54)(H,60,61,62)(H,63,64,65)(H,66,67,68)(H,69,70,71)(H,72,73,74)(H,44,46,47,48). The van der Waals surface area contributed by atoms with Crippen molar-refractivity contribution >= 4 is 174 Å². The lowest BCUT2D eigenvalue weighted by atomic mass is 10.1. The van der Waals surface area contributed by atoms with Gasteiger partial charge in [-0.3, -0.25) is 31.7 Å². The fourth-order valence-corrected chi connectivity index (χ4v) is 12.6. The van der Waals surface area contributed by atoms with Crippen LogP contribution in [0.2, 0.25) is 5.28 Å². The van der Waals surface area contributed by atoms with Gasteiger partial charge in [0, 0.05) is 40.5 Å². The second-order valence-corrected chi connectivity index (χ2v) is 26.7. The number of benzene rings is 6. The number of azo groups is 2. The average molecular weight is 1330 g/mol. The van der Waals surface area contributed by atoms with Crippen LogP contribution >= 0.6 is 23.2 Å². The molecule has 6 aromatic carbocycles. The zero-order valence-corrected chi connectivity index (χ0v) is 48.0. The number of carbonyl (C=O) groups is 1. The number of hydrogen-bond donors (Lipinski definition) is 9. The van der Waals surface area contributed by atoms with E-state index in [1.165, 1.54) is 30.1 Å². The highest BCUT2D eigenvalue weighted by Crippen LogP contribution is 2.46. The van der Waals surface area contributed by atoms with Gasteiger partial charge in [-0.2, -0.15) is 62.2 Å². The van der Waals surface area contributed by atoms with E-state index in [0.717, 1.165) is 60.7 Å². The zero-order valence-electron chi connectivity index (χ0n) is 40.8. The third-order valence-electron chi connectivity index (χ3n) is 10.7. The molecule has 1 aromatic heterocycles. The van der Waals surface area contributed by atoms with Crippen molar-refractivity contribution in [1.29, 1.82) is 0 Å². The molecule has 0 aliphatic rings. The largest absolute Gasteiger partial charge is 0.505 e. The molecule has 442 valence electrons. The normalized spacial score (nSPS) is 13.3. The molecular weight excluding hydrogens is 1300 g/mol. The number of fused-ring (bicyclic) bond motifs is 2. The van der Waals surface area contributed by atoms with E-state index in [2.05, 4.69) is 50.2 Å². The monoisotopic (exact) mass is 1330 g/mol. The lowest BCUT2D eigenvalue weighted by Gasteiger charge is -2.19. The van der Waals surface area contributed by atoms with Gasteiger partial charge < -0.3 is 25.7 Å². The van der Waals surface area contributed by atoms with Crippen LogP contribution in [0.4, 0.5) is 51.7 Å². The van der Waals surface area contributed by atoms with Crippen LogP contribution < -0.4 is 15.5 Å². The van der Waals surface area contributed by atoms with Crippen molar-refractivity contribution in [1.82, 2.24) is 15.0 Å². The molecule has 1 unspecified atom stereocenters. The Morgan fingerprint density at radius 3 is 1.88 bits per heavy atom. The van der Waals surface area contributed by atoms with Crippen LogP contribution in [-0.4, -0.2) is 140 Å². The number of amides is 1. The molecule has 1 atom stereocenters. The topological polar surface area (TPSA) is 514 Å². The number of hydrogen-bond acceptors (Lipinski definition) is 27.